The Hall–Kier alpha value is -1.89. The molecule has 2 N–H and O–H groups in total. The van der Waals surface area contributed by atoms with Gasteiger partial charge in [-0.1, -0.05) is 0 Å². The molecule has 1 aromatic rings. The van der Waals surface area contributed by atoms with Crippen LogP contribution in [-0.2, 0) is 11.8 Å². The van der Waals surface area contributed by atoms with Gasteiger partial charge in [0.2, 0.25) is 0 Å². The SMILES string of the molecule is Cc1cc(C(=O)NC2CC(N(CC(=O)O)CC3CC3)C2)n(C)n1. The van der Waals surface area contributed by atoms with Gasteiger partial charge in [-0.05, 0) is 44.6 Å². The van der Waals surface area contributed by atoms with Crippen LogP contribution in [-0.4, -0.2) is 56.8 Å². The summed E-state index contributed by atoms with van der Waals surface area (Å²) in [7, 11) is 1.76. The molecule has 7 heteroatoms. The van der Waals surface area contributed by atoms with Crippen LogP contribution in [0.1, 0.15) is 41.9 Å². The van der Waals surface area contributed by atoms with E-state index in [1.54, 1.807) is 17.8 Å². The first kappa shape index (κ1) is 16.0. The van der Waals surface area contributed by atoms with E-state index in [1.165, 1.54) is 12.8 Å². The van der Waals surface area contributed by atoms with Crippen LogP contribution >= 0.6 is 0 Å². The van der Waals surface area contributed by atoms with E-state index < -0.39 is 5.97 Å². The Morgan fingerprint density at radius 1 is 1.43 bits per heavy atom. The summed E-state index contributed by atoms with van der Waals surface area (Å²) in [6, 6.07) is 2.17. The number of carbonyl (C=O) groups is 2. The predicted molar refractivity (Wildman–Crippen MR) is 84.2 cm³/mol. The topological polar surface area (TPSA) is 87.5 Å². The first-order valence-corrected chi connectivity index (χ1v) is 8.19. The molecule has 0 atom stereocenters. The van der Waals surface area contributed by atoms with Gasteiger partial charge in [0, 0.05) is 25.7 Å². The van der Waals surface area contributed by atoms with E-state index in [2.05, 4.69) is 15.3 Å². The fourth-order valence-corrected chi connectivity index (χ4v) is 3.23. The number of aryl methyl sites for hydroxylation is 2. The van der Waals surface area contributed by atoms with Crippen molar-refractivity contribution in [1.29, 1.82) is 0 Å². The van der Waals surface area contributed by atoms with Crippen molar-refractivity contribution < 1.29 is 14.7 Å². The highest BCUT2D eigenvalue weighted by Crippen LogP contribution is 2.33. The summed E-state index contributed by atoms with van der Waals surface area (Å²) < 4.78 is 1.59. The zero-order valence-corrected chi connectivity index (χ0v) is 13.7. The molecular weight excluding hydrogens is 296 g/mol. The Balaban J connectivity index is 1.50. The normalized spacial score (nSPS) is 23.6. The average Bonchev–Trinajstić information content (AvgIpc) is 3.15. The molecule has 1 heterocycles. The van der Waals surface area contributed by atoms with Crippen molar-refractivity contribution in [2.24, 2.45) is 13.0 Å². The molecule has 0 radical (unpaired) electrons. The molecule has 2 aliphatic rings. The summed E-state index contributed by atoms with van der Waals surface area (Å²) in [6.07, 6.45) is 4.07. The Kier molecular flexibility index (Phi) is 4.39. The van der Waals surface area contributed by atoms with Crippen LogP contribution in [0, 0.1) is 12.8 Å². The molecule has 0 spiro atoms. The summed E-state index contributed by atoms with van der Waals surface area (Å²) in [4.78, 5) is 25.3. The van der Waals surface area contributed by atoms with Crippen molar-refractivity contribution in [2.75, 3.05) is 13.1 Å². The number of nitrogens with one attached hydrogen (secondary N) is 1. The summed E-state index contributed by atoms with van der Waals surface area (Å²) in [5.74, 6) is -0.215. The number of aromatic nitrogens is 2. The van der Waals surface area contributed by atoms with E-state index in [0.29, 0.717) is 11.6 Å². The van der Waals surface area contributed by atoms with Gasteiger partial charge in [-0.2, -0.15) is 5.10 Å². The van der Waals surface area contributed by atoms with Gasteiger partial charge in [0.25, 0.3) is 5.91 Å². The molecule has 1 amide bonds. The predicted octanol–water partition coefficient (Wildman–Crippen LogP) is 0.786. The molecule has 23 heavy (non-hydrogen) atoms. The monoisotopic (exact) mass is 320 g/mol. The zero-order chi connectivity index (χ0) is 16.6. The van der Waals surface area contributed by atoms with Gasteiger partial charge in [-0.15, -0.1) is 0 Å². The largest absolute Gasteiger partial charge is 0.480 e. The average molecular weight is 320 g/mol. The van der Waals surface area contributed by atoms with E-state index in [1.807, 2.05) is 6.92 Å². The highest BCUT2D eigenvalue weighted by molar-refractivity contribution is 5.92. The lowest BCUT2D eigenvalue weighted by molar-refractivity contribution is -0.139. The second-order valence-electron chi connectivity index (χ2n) is 6.86. The third kappa shape index (κ3) is 3.90. The Morgan fingerprint density at radius 2 is 2.13 bits per heavy atom. The summed E-state index contributed by atoms with van der Waals surface area (Å²) in [6.45, 7) is 2.83. The Morgan fingerprint density at radius 3 is 2.65 bits per heavy atom. The van der Waals surface area contributed by atoms with Gasteiger partial charge >= 0.3 is 5.97 Å². The maximum atomic E-state index is 12.2. The van der Waals surface area contributed by atoms with E-state index in [-0.39, 0.29) is 24.5 Å². The molecular formula is C16H24N4O3. The number of nitrogens with zero attached hydrogens (tertiary/aromatic N) is 3. The first-order chi connectivity index (χ1) is 10.9. The van der Waals surface area contributed by atoms with Gasteiger partial charge in [-0.25, -0.2) is 0 Å². The highest BCUT2D eigenvalue weighted by Gasteiger charge is 2.38. The molecule has 7 nitrogen and oxygen atoms in total. The molecule has 1 aromatic heterocycles. The van der Waals surface area contributed by atoms with Gasteiger partial charge in [-0.3, -0.25) is 19.2 Å². The molecule has 2 fully saturated rings. The number of aliphatic carboxylic acids is 1. The number of amides is 1. The van der Waals surface area contributed by atoms with E-state index >= 15 is 0 Å². The summed E-state index contributed by atoms with van der Waals surface area (Å²) >= 11 is 0. The number of rotatable bonds is 7. The first-order valence-electron chi connectivity index (χ1n) is 8.19. The molecule has 2 saturated carbocycles. The zero-order valence-electron chi connectivity index (χ0n) is 13.7. The Labute approximate surface area is 135 Å². The van der Waals surface area contributed by atoms with Crippen LogP contribution in [0.15, 0.2) is 6.07 Å². The fourth-order valence-electron chi connectivity index (χ4n) is 3.23. The van der Waals surface area contributed by atoms with E-state index in [9.17, 15) is 9.59 Å². The van der Waals surface area contributed by atoms with Crippen molar-refractivity contribution in [1.82, 2.24) is 20.0 Å². The number of hydrogen-bond acceptors (Lipinski definition) is 4. The number of carbonyl (C=O) groups excluding carboxylic acids is 1. The van der Waals surface area contributed by atoms with Crippen LogP contribution in [0.3, 0.4) is 0 Å². The lowest BCUT2D eigenvalue weighted by Gasteiger charge is -2.42. The number of hydrogen-bond donors (Lipinski definition) is 2. The van der Waals surface area contributed by atoms with Crippen molar-refractivity contribution in [3.8, 4) is 0 Å². The molecule has 2 aliphatic carbocycles. The number of carboxylic acids is 1. The van der Waals surface area contributed by atoms with E-state index in [4.69, 9.17) is 5.11 Å². The second-order valence-corrected chi connectivity index (χ2v) is 6.86. The molecule has 0 saturated heterocycles. The fraction of sp³-hybridized carbons (Fsp3) is 0.688. The minimum atomic E-state index is -0.775. The molecule has 126 valence electrons. The minimum Gasteiger partial charge on any atom is -0.480 e. The van der Waals surface area contributed by atoms with Crippen molar-refractivity contribution in [3.63, 3.8) is 0 Å². The quantitative estimate of drug-likeness (QED) is 0.775. The van der Waals surface area contributed by atoms with E-state index in [0.717, 1.165) is 25.1 Å². The highest BCUT2D eigenvalue weighted by atomic mass is 16.4. The van der Waals surface area contributed by atoms with Crippen LogP contribution in [0.5, 0.6) is 0 Å². The molecule has 0 aliphatic heterocycles. The maximum absolute atomic E-state index is 12.2. The van der Waals surface area contributed by atoms with Gasteiger partial charge in [0.1, 0.15) is 5.69 Å². The third-order valence-corrected chi connectivity index (χ3v) is 4.73. The summed E-state index contributed by atoms with van der Waals surface area (Å²) in [5.41, 5.74) is 1.38. The molecule has 3 rings (SSSR count). The molecule has 0 unspecified atom stereocenters. The second kappa shape index (κ2) is 6.31. The van der Waals surface area contributed by atoms with Crippen molar-refractivity contribution in [3.05, 3.63) is 17.5 Å². The standard InChI is InChI=1S/C16H24N4O3/c1-10-5-14(19(2)18-10)16(23)17-12-6-13(7-12)20(9-15(21)22)8-11-3-4-11/h5,11-13H,3-4,6-9H2,1-2H3,(H,17,23)(H,21,22). The van der Waals surface area contributed by atoms with Crippen LogP contribution in [0.4, 0.5) is 0 Å². The lowest BCUT2D eigenvalue weighted by Crippen LogP contribution is -2.55. The van der Waals surface area contributed by atoms with Crippen LogP contribution in [0.25, 0.3) is 0 Å². The van der Waals surface area contributed by atoms with Gasteiger partial charge in [0.05, 0.1) is 12.2 Å². The summed E-state index contributed by atoms with van der Waals surface area (Å²) in [5, 5.41) is 16.3. The smallest absolute Gasteiger partial charge is 0.317 e. The van der Waals surface area contributed by atoms with Crippen molar-refractivity contribution >= 4 is 11.9 Å². The lowest BCUT2D eigenvalue weighted by atomic mass is 9.85. The number of carboxylic acid groups (broad SMARTS) is 1. The Bertz CT molecular complexity index is 602. The van der Waals surface area contributed by atoms with Crippen LogP contribution in [0.2, 0.25) is 0 Å². The van der Waals surface area contributed by atoms with Crippen molar-refractivity contribution in [2.45, 2.75) is 44.7 Å². The molecule has 0 aromatic carbocycles. The van der Waals surface area contributed by atoms with Gasteiger partial charge < -0.3 is 10.4 Å². The molecule has 0 bridgehead atoms. The maximum Gasteiger partial charge on any atom is 0.317 e. The van der Waals surface area contributed by atoms with Crippen LogP contribution < -0.4 is 5.32 Å². The minimum absolute atomic E-state index is 0.1000. The third-order valence-electron chi connectivity index (χ3n) is 4.73. The van der Waals surface area contributed by atoms with Gasteiger partial charge in [0.15, 0.2) is 0 Å².